The molecule has 1 saturated carbocycles. The molecule has 1 aromatic heterocycles. The Morgan fingerprint density at radius 1 is 1.50 bits per heavy atom. The topological polar surface area (TPSA) is 50.1 Å². The third kappa shape index (κ3) is 2.87. The van der Waals surface area contributed by atoms with E-state index >= 15 is 0 Å². The molecule has 4 nitrogen and oxygen atoms in total. The smallest absolute Gasteiger partial charge is 0.0844 e. The summed E-state index contributed by atoms with van der Waals surface area (Å²) in [6.45, 7) is 8.07. The Kier molecular flexibility index (Phi) is 5.10. The summed E-state index contributed by atoms with van der Waals surface area (Å²) in [6, 6.07) is 0. The Labute approximate surface area is 126 Å². The second-order valence-electron chi connectivity index (χ2n) is 5.93. The molecule has 0 bridgehead atoms. The zero-order valence-corrected chi connectivity index (χ0v) is 13.5. The van der Waals surface area contributed by atoms with Crippen LogP contribution in [0.25, 0.3) is 0 Å². The largest absolute Gasteiger partial charge is 0.394 e. The van der Waals surface area contributed by atoms with Crippen molar-refractivity contribution in [3.8, 4) is 0 Å². The van der Waals surface area contributed by atoms with Crippen LogP contribution in [0.4, 0.5) is 0 Å². The molecule has 2 N–H and O–H groups in total. The third-order valence-electron chi connectivity index (χ3n) is 4.75. The van der Waals surface area contributed by atoms with Crippen molar-refractivity contribution in [3.05, 3.63) is 16.4 Å². The highest BCUT2D eigenvalue weighted by Gasteiger charge is 2.41. The number of nitrogens with one attached hydrogen (secondary N) is 1. The lowest BCUT2D eigenvalue weighted by molar-refractivity contribution is 0.118. The maximum atomic E-state index is 9.81. The number of aryl methyl sites for hydroxylation is 2. The summed E-state index contributed by atoms with van der Waals surface area (Å²) in [5, 5.41) is 18.6. The molecule has 1 fully saturated rings. The average Bonchev–Trinajstić information content (AvgIpc) is 2.94. The molecule has 1 heterocycles. The lowest BCUT2D eigenvalue weighted by Crippen LogP contribution is -2.51. The Balaban J connectivity index is 2.04. The molecule has 1 aromatic rings. The summed E-state index contributed by atoms with van der Waals surface area (Å²) in [6.07, 6.45) is 4.47. The molecule has 2 unspecified atom stereocenters. The standard InChI is InChI=1S/C15H26ClN3O/c1-4-17-15(10-20)8-5-6-13(15)7-9-19-12(3)14(16)11(2)18-19/h13,17,20H,4-10H2,1-3H3. The van der Waals surface area contributed by atoms with E-state index in [9.17, 15) is 5.11 Å². The first-order valence-corrected chi connectivity index (χ1v) is 7.97. The molecule has 0 saturated heterocycles. The highest BCUT2D eigenvalue weighted by atomic mass is 35.5. The van der Waals surface area contributed by atoms with E-state index in [2.05, 4.69) is 17.3 Å². The molecule has 2 atom stereocenters. The van der Waals surface area contributed by atoms with E-state index in [1.54, 1.807) is 0 Å². The Morgan fingerprint density at radius 2 is 2.25 bits per heavy atom. The van der Waals surface area contributed by atoms with Crippen molar-refractivity contribution in [1.82, 2.24) is 15.1 Å². The quantitative estimate of drug-likeness (QED) is 0.849. The van der Waals surface area contributed by atoms with Gasteiger partial charge in [0.1, 0.15) is 0 Å². The van der Waals surface area contributed by atoms with Gasteiger partial charge in [0.05, 0.1) is 23.0 Å². The molecule has 1 aliphatic rings. The fourth-order valence-corrected chi connectivity index (χ4v) is 3.72. The predicted octanol–water partition coefficient (Wildman–Crippen LogP) is 2.68. The van der Waals surface area contributed by atoms with E-state index in [1.165, 1.54) is 12.8 Å². The zero-order valence-electron chi connectivity index (χ0n) is 12.7. The van der Waals surface area contributed by atoms with Crippen LogP contribution in [0.1, 0.15) is 44.0 Å². The number of hydrogen-bond acceptors (Lipinski definition) is 3. The maximum absolute atomic E-state index is 9.81. The van der Waals surface area contributed by atoms with Crippen molar-refractivity contribution in [3.63, 3.8) is 0 Å². The van der Waals surface area contributed by atoms with Crippen LogP contribution in [0.15, 0.2) is 0 Å². The molecule has 0 aliphatic heterocycles. The first-order chi connectivity index (χ1) is 9.54. The molecule has 0 spiro atoms. The fourth-order valence-electron chi connectivity index (χ4n) is 3.58. The number of aliphatic hydroxyl groups excluding tert-OH is 1. The van der Waals surface area contributed by atoms with E-state index in [4.69, 9.17) is 11.6 Å². The minimum absolute atomic E-state index is 0.0886. The number of halogens is 1. The lowest BCUT2D eigenvalue weighted by Gasteiger charge is -2.35. The highest BCUT2D eigenvalue weighted by Crippen LogP contribution is 2.38. The molecular formula is C15H26ClN3O. The van der Waals surface area contributed by atoms with Crippen LogP contribution >= 0.6 is 11.6 Å². The lowest BCUT2D eigenvalue weighted by atomic mass is 9.85. The maximum Gasteiger partial charge on any atom is 0.0844 e. The van der Waals surface area contributed by atoms with Crippen molar-refractivity contribution in [2.24, 2.45) is 5.92 Å². The van der Waals surface area contributed by atoms with Gasteiger partial charge < -0.3 is 10.4 Å². The van der Waals surface area contributed by atoms with Crippen LogP contribution in [-0.4, -0.2) is 33.6 Å². The van der Waals surface area contributed by atoms with Gasteiger partial charge in [-0.2, -0.15) is 5.10 Å². The Bertz CT molecular complexity index is 460. The van der Waals surface area contributed by atoms with Crippen LogP contribution in [0.2, 0.25) is 5.02 Å². The van der Waals surface area contributed by atoms with Gasteiger partial charge in [-0.25, -0.2) is 0 Å². The highest BCUT2D eigenvalue weighted by molar-refractivity contribution is 6.31. The van der Waals surface area contributed by atoms with E-state index in [0.29, 0.717) is 5.92 Å². The molecule has 0 aromatic carbocycles. The van der Waals surface area contributed by atoms with Crippen LogP contribution in [0.5, 0.6) is 0 Å². The monoisotopic (exact) mass is 299 g/mol. The van der Waals surface area contributed by atoms with E-state index < -0.39 is 0 Å². The minimum atomic E-state index is -0.0886. The number of aromatic nitrogens is 2. The van der Waals surface area contributed by atoms with Crippen molar-refractivity contribution < 1.29 is 5.11 Å². The molecule has 0 radical (unpaired) electrons. The summed E-state index contributed by atoms with van der Waals surface area (Å²) >= 11 is 6.19. The van der Waals surface area contributed by atoms with Crippen LogP contribution in [-0.2, 0) is 6.54 Å². The van der Waals surface area contributed by atoms with Gasteiger partial charge in [0, 0.05) is 12.1 Å². The summed E-state index contributed by atoms with van der Waals surface area (Å²) in [5.74, 6) is 0.509. The first kappa shape index (κ1) is 15.8. The Morgan fingerprint density at radius 3 is 2.80 bits per heavy atom. The molecule has 0 amide bonds. The summed E-state index contributed by atoms with van der Waals surface area (Å²) < 4.78 is 2.00. The minimum Gasteiger partial charge on any atom is -0.394 e. The zero-order chi connectivity index (χ0) is 14.8. The van der Waals surface area contributed by atoms with Crippen molar-refractivity contribution in [2.45, 2.75) is 58.5 Å². The second kappa shape index (κ2) is 6.46. The predicted molar refractivity (Wildman–Crippen MR) is 82.2 cm³/mol. The molecule has 1 aliphatic carbocycles. The van der Waals surface area contributed by atoms with Crippen LogP contribution < -0.4 is 5.32 Å². The van der Waals surface area contributed by atoms with Crippen molar-refractivity contribution >= 4 is 11.6 Å². The first-order valence-electron chi connectivity index (χ1n) is 7.59. The third-order valence-corrected chi connectivity index (χ3v) is 5.30. The van der Waals surface area contributed by atoms with Gasteiger partial charge in [0.2, 0.25) is 0 Å². The van der Waals surface area contributed by atoms with Gasteiger partial charge in [0.25, 0.3) is 0 Å². The fraction of sp³-hybridized carbons (Fsp3) is 0.800. The molecule has 2 rings (SSSR count). The Hall–Kier alpha value is -0.580. The summed E-state index contributed by atoms with van der Waals surface area (Å²) in [5.41, 5.74) is 1.85. The number of hydrogen-bond donors (Lipinski definition) is 2. The normalized spacial score (nSPS) is 26.4. The van der Waals surface area contributed by atoms with Crippen molar-refractivity contribution in [1.29, 1.82) is 0 Å². The van der Waals surface area contributed by atoms with E-state index in [-0.39, 0.29) is 12.1 Å². The van der Waals surface area contributed by atoms with Crippen LogP contribution in [0, 0.1) is 19.8 Å². The summed E-state index contributed by atoms with van der Waals surface area (Å²) in [4.78, 5) is 0. The van der Waals surface area contributed by atoms with Gasteiger partial charge in [-0.3, -0.25) is 4.68 Å². The van der Waals surface area contributed by atoms with E-state index in [1.807, 2.05) is 18.5 Å². The molecule has 114 valence electrons. The van der Waals surface area contributed by atoms with Gasteiger partial charge in [0.15, 0.2) is 0 Å². The van der Waals surface area contributed by atoms with E-state index in [0.717, 1.165) is 42.3 Å². The van der Waals surface area contributed by atoms with Gasteiger partial charge in [-0.05, 0) is 45.6 Å². The molecule has 5 heteroatoms. The molecule has 20 heavy (non-hydrogen) atoms. The average molecular weight is 300 g/mol. The van der Waals surface area contributed by atoms with Crippen molar-refractivity contribution in [2.75, 3.05) is 13.2 Å². The van der Waals surface area contributed by atoms with Gasteiger partial charge in [-0.15, -0.1) is 0 Å². The summed E-state index contributed by atoms with van der Waals surface area (Å²) in [7, 11) is 0. The number of rotatable bonds is 6. The number of likely N-dealkylation sites (N-methyl/N-ethyl adjacent to an activating group) is 1. The van der Waals surface area contributed by atoms with Crippen LogP contribution in [0.3, 0.4) is 0 Å². The number of aliphatic hydroxyl groups is 1. The molecular weight excluding hydrogens is 274 g/mol. The SMILES string of the molecule is CCNC1(CO)CCCC1CCn1nc(C)c(Cl)c1C. The van der Waals surface area contributed by atoms with Gasteiger partial charge >= 0.3 is 0 Å². The second-order valence-corrected chi connectivity index (χ2v) is 6.31. The van der Waals surface area contributed by atoms with Gasteiger partial charge in [-0.1, -0.05) is 24.9 Å². The number of nitrogens with zero attached hydrogens (tertiary/aromatic N) is 2.